The van der Waals surface area contributed by atoms with Crippen LogP contribution in [0.15, 0.2) is 28.8 Å². The lowest BCUT2D eigenvalue weighted by molar-refractivity contribution is -0.159. The van der Waals surface area contributed by atoms with Crippen molar-refractivity contribution in [3.05, 3.63) is 47.1 Å². The average Bonchev–Trinajstić information content (AvgIpc) is 3.12. The Balaban J connectivity index is 1.93. The normalized spacial score (nSPS) is 17.2. The van der Waals surface area contributed by atoms with Gasteiger partial charge in [-0.25, -0.2) is 0 Å². The summed E-state index contributed by atoms with van der Waals surface area (Å²) in [7, 11) is 0. The summed E-state index contributed by atoms with van der Waals surface area (Å²) in [4.78, 5) is 3.35. The molecule has 1 aromatic carbocycles. The van der Waals surface area contributed by atoms with Gasteiger partial charge in [0.05, 0.1) is 6.04 Å². The van der Waals surface area contributed by atoms with Crippen molar-refractivity contribution in [2.24, 2.45) is 5.73 Å². The zero-order valence-electron chi connectivity index (χ0n) is 10.4. The zero-order valence-corrected chi connectivity index (χ0v) is 10.4. The maximum Gasteiger partial charge on any atom is 0.471 e. The van der Waals surface area contributed by atoms with Gasteiger partial charge in [0.2, 0.25) is 0 Å². The fourth-order valence-corrected chi connectivity index (χ4v) is 2.18. The standard InChI is InChI=1S/C13H12F3N3O/c14-13(15,16)12-18-11(19-20-12)10(17)9-4-2-1-3-8(9)7-5-6-7/h1-4,7,10H,5-6,17H2. The van der Waals surface area contributed by atoms with E-state index in [0.717, 1.165) is 24.0 Å². The molecule has 1 aliphatic rings. The first kappa shape index (κ1) is 13.1. The van der Waals surface area contributed by atoms with Crippen LogP contribution in [0.1, 0.15) is 47.6 Å². The largest absolute Gasteiger partial charge is 0.471 e. The van der Waals surface area contributed by atoms with E-state index in [9.17, 15) is 13.2 Å². The summed E-state index contributed by atoms with van der Waals surface area (Å²) in [6, 6.07) is 6.61. The van der Waals surface area contributed by atoms with Gasteiger partial charge in [-0.15, -0.1) is 0 Å². The quantitative estimate of drug-likeness (QED) is 0.940. The molecule has 1 fully saturated rings. The number of halogens is 3. The van der Waals surface area contributed by atoms with E-state index in [1.807, 2.05) is 12.1 Å². The molecule has 0 saturated heterocycles. The maximum absolute atomic E-state index is 12.4. The van der Waals surface area contributed by atoms with Gasteiger partial charge in [0.15, 0.2) is 5.82 Å². The van der Waals surface area contributed by atoms with Gasteiger partial charge >= 0.3 is 12.1 Å². The predicted molar refractivity (Wildman–Crippen MR) is 63.7 cm³/mol. The highest BCUT2D eigenvalue weighted by atomic mass is 19.4. The molecule has 1 unspecified atom stereocenters. The fraction of sp³-hybridized carbons (Fsp3) is 0.385. The number of nitrogens with zero attached hydrogens (tertiary/aromatic N) is 2. The number of alkyl halides is 3. The van der Waals surface area contributed by atoms with E-state index in [1.165, 1.54) is 0 Å². The van der Waals surface area contributed by atoms with E-state index >= 15 is 0 Å². The molecule has 0 spiro atoms. The Hall–Kier alpha value is -1.89. The van der Waals surface area contributed by atoms with Crippen molar-refractivity contribution in [1.82, 2.24) is 10.1 Å². The van der Waals surface area contributed by atoms with Crippen LogP contribution < -0.4 is 5.73 Å². The Morgan fingerprint density at radius 2 is 1.95 bits per heavy atom. The highest BCUT2D eigenvalue weighted by Crippen LogP contribution is 2.43. The van der Waals surface area contributed by atoms with Gasteiger partial charge in [-0.3, -0.25) is 0 Å². The number of benzene rings is 1. The van der Waals surface area contributed by atoms with Gasteiger partial charge in [-0.1, -0.05) is 29.4 Å². The fourth-order valence-electron chi connectivity index (χ4n) is 2.18. The molecule has 0 amide bonds. The van der Waals surface area contributed by atoms with Crippen LogP contribution in [0.4, 0.5) is 13.2 Å². The third kappa shape index (κ3) is 2.40. The minimum absolute atomic E-state index is 0.148. The summed E-state index contributed by atoms with van der Waals surface area (Å²) in [5.41, 5.74) is 7.80. The SMILES string of the molecule is NC(c1noc(C(F)(F)F)n1)c1ccccc1C1CC1. The van der Waals surface area contributed by atoms with Gasteiger partial charge in [0.1, 0.15) is 0 Å². The summed E-state index contributed by atoms with van der Waals surface area (Å²) in [5, 5.41) is 3.35. The highest BCUT2D eigenvalue weighted by molar-refractivity contribution is 5.37. The summed E-state index contributed by atoms with van der Waals surface area (Å²) >= 11 is 0. The molecule has 3 rings (SSSR count). The minimum atomic E-state index is -4.65. The van der Waals surface area contributed by atoms with E-state index < -0.39 is 18.1 Å². The summed E-state index contributed by atoms with van der Waals surface area (Å²) in [5.74, 6) is -1.08. The smallest absolute Gasteiger partial charge is 0.329 e. The molecular weight excluding hydrogens is 271 g/mol. The lowest BCUT2D eigenvalue weighted by atomic mass is 9.97. The van der Waals surface area contributed by atoms with Crippen molar-refractivity contribution >= 4 is 0 Å². The summed E-state index contributed by atoms with van der Waals surface area (Å²) < 4.78 is 41.6. The van der Waals surface area contributed by atoms with Crippen molar-refractivity contribution in [1.29, 1.82) is 0 Å². The van der Waals surface area contributed by atoms with Crippen molar-refractivity contribution < 1.29 is 17.7 Å². The predicted octanol–water partition coefficient (Wildman–Crippen LogP) is 3.01. The van der Waals surface area contributed by atoms with E-state index in [0.29, 0.717) is 5.92 Å². The molecule has 0 bridgehead atoms. The first-order chi connectivity index (χ1) is 9.47. The Kier molecular flexibility index (Phi) is 3.01. The first-order valence-electron chi connectivity index (χ1n) is 6.22. The van der Waals surface area contributed by atoms with Crippen LogP contribution in [0.2, 0.25) is 0 Å². The molecule has 7 heteroatoms. The summed E-state index contributed by atoms with van der Waals surface area (Å²) in [6.07, 6.45) is -2.51. The zero-order chi connectivity index (χ0) is 14.3. The van der Waals surface area contributed by atoms with Crippen LogP contribution in [0, 0.1) is 0 Å². The average molecular weight is 283 g/mol. The van der Waals surface area contributed by atoms with Gasteiger partial charge in [-0.2, -0.15) is 18.2 Å². The lowest BCUT2D eigenvalue weighted by Crippen LogP contribution is -2.16. The number of hydrogen-bond donors (Lipinski definition) is 1. The van der Waals surface area contributed by atoms with Crippen LogP contribution in [-0.4, -0.2) is 10.1 Å². The van der Waals surface area contributed by atoms with Crippen LogP contribution in [-0.2, 0) is 6.18 Å². The minimum Gasteiger partial charge on any atom is -0.329 e. The molecule has 1 aliphatic carbocycles. The Labute approximate surface area is 112 Å². The molecule has 1 saturated carbocycles. The molecule has 0 radical (unpaired) electrons. The molecule has 0 aliphatic heterocycles. The van der Waals surface area contributed by atoms with Crippen molar-refractivity contribution in [3.8, 4) is 0 Å². The molecular formula is C13H12F3N3O. The van der Waals surface area contributed by atoms with E-state index in [1.54, 1.807) is 12.1 Å². The van der Waals surface area contributed by atoms with Crippen LogP contribution >= 0.6 is 0 Å². The number of hydrogen-bond acceptors (Lipinski definition) is 4. The van der Waals surface area contributed by atoms with Gasteiger partial charge in [0, 0.05) is 0 Å². The monoisotopic (exact) mass is 283 g/mol. The molecule has 20 heavy (non-hydrogen) atoms. The molecule has 106 valence electrons. The molecule has 1 atom stereocenters. The van der Waals surface area contributed by atoms with Crippen molar-refractivity contribution in [3.63, 3.8) is 0 Å². The van der Waals surface area contributed by atoms with Crippen LogP contribution in [0.3, 0.4) is 0 Å². The summed E-state index contributed by atoms with van der Waals surface area (Å²) in [6.45, 7) is 0. The second-order valence-electron chi connectivity index (χ2n) is 4.84. The van der Waals surface area contributed by atoms with E-state index in [2.05, 4.69) is 14.7 Å². The van der Waals surface area contributed by atoms with Crippen molar-refractivity contribution in [2.75, 3.05) is 0 Å². The second kappa shape index (κ2) is 4.59. The molecule has 2 N–H and O–H groups in total. The Morgan fingerprint density at radius 1 is 1.25 bits per heavy atom. The van der Waals surface area contributed by atoms with Crippen molar-refractivity contribution in [2.45, 2.75) is 31.0 Å². The van der Waals surface area contributed by atoms with Crippen LogP contribution in [0.5, 0.6) is 0 Å². The number of aromatic nitrogens is 2. The lowest BCUT2D eigenvalue weighted by Gasteiger charge is -2.12. The Bertz CT molecular complexity index is 619. The maximum atomic E-state index is 12.4. The third-order valence-electron chi connectivity index (χ3n) is 3.31. The third-order valence-corrected chi connectivity index (χ3v) is 3.31. The number of nitrogens with two attached hydrogens (primary N) is 1. The highest BCUT2D eigenvalue weighted by Gasteiger charge is 2.39. The molecule has 1 heterocycles. The van der Waals surface area contributed by atoms with E-state index in [-0.39, 0.29) is 5.82 Å². The van der Waals surface area contributed by atoms with Gasteiger partial charge < -0.3 is 10.3 Å². The topological polar surface area (TPSA) is 64.9 Å². The van der Waals surface area contributed by atoms with Crippen LogP contribution in [0.25, 0.3) is 0 Å². The molecule has 1 aromatic heterocycles. The number of rotatable bonds is 3. The van der Waals surface area contributed by atoms with Gasteiger partial charge in [-0.05, 0) is 29.9 Å². The Morgan fingerprint density at radius 3 is 2.55 bits per heavy atom. The molecule has 2 aromatic rings. The molecule has 4 nitrogen and oxygen atoms in total. The second-order valence-corrected chi connectivity index (χ2v) is 4.84. The van der Waals surface area contributed by atoms with E-state index in [4.69, 9.17) is 5.73 Å². The first-order valence-corrected chi connectivity index (χ1v) is 6.22. The van der Waals surface area contributed by atoms with Gasteiger partial charge in [0.25, 0.3) is 0 Å².